The largest absolute Gasteiger partial charge is 0.468 e. The minimum atomic E-state index is -0.401. The molecule has 1 heterocycles. The van der Waals surface area contributed by atoms with Gasteiger partial charge in [-0.3, -0.25) is 4.90 Å². The van der Waals surface area contributed by atoms with E-state index in [9.17, 15) is 4.79 Å². The zero-order chi connectivity index (χ0) is 17.9. The normalized spacial score (nSPS) is 19.1. The Morgan fingerprint density at radius 1 is 0.846 bits per heavy atom. The minimum absolute atomic E-state index is 0.0247. The molecule has 4 rings (SSSR count). The third kappa shape index (κ3) is 2.91. The molecule has 3 aromatic rings. The van der Waals surface area contributed by atoms with Gasteiger partial charge in [0, 0.05) is 6.54 Å². The molecule has 3 nitrogen and oxygen atoms in total. The molecule has 1 aliphatic heterocycles. The van der Waals surface area contributed by atoms with E-state index in [0.717, 1.165) is 5.56 Å². The van der Waals surface area contributed by atoms with E-state index in [1.54, 1.807) is 0 Å². The van der Waals surface area contributed by atoms with Gasteiger partial charge in [0.05, 0.1) is 13.2 Å². The third-order valence-electron chi connectivity index (χ3n) is 5.00. The number of ether oxygens (including phenoxy) is 1. The maximum Gasteiger partial charge on any atom is 0.327 e. The van der Waals surface area contributed by atoms with Crippen molar-refractivity contribution in [2.45, 2.75) is 18.6 Å². The van der Waals surface area contributed by atoms with Gasteiger partial charge in [-0.25, -0.2) is 4.79 Å². The molecule has 0 N–H and O–H groups in total. The number of benzene rings is 3. The molecule has 0 aromatic heterocycles. The summed E-state index contributed by atoms with van der Waals surface area (Å²) >= 11 is 0. The molecule has 26 heavy (non-hydrogen) atoms. The second kappa shape index (κ2) is 7.14. The molecule has 1 aliphatic rings. The molecule has 0 amide bonds. The van der Waals surface area contributed by atoms with E-state index in [-0.39, 0.29) is 12.0 Å². The van der Waals surface area contributed by atoms with Crippen LogP contribution in [0.15, 0.2) is 84.9 Å². The molecule has 0 bridgehead atoms. The van der Waals surface area contributed by atoms with Gasteiger partial charge in [0.2, 0.25) is 0 Å². The average molecular weight is 343 g/mol. The second-order valence-electron chi connectivity index (χ2n) is 6.53. The highest BCUT2D eigenvalue weighted by Gasteiger charge is 2.43. The standard InChI is InChI=1S/C23H21NO2/c1-26-23(25)22-20-15-9-8-14-19(20)21(18-12-6-3-7-13-18)24(22)16-17-10-4-2-5-11-17/h2-15,21-22H,16H2,1H3. The monoisotopic (exact) mass is 343 g/mol. The highest BCUT2D eigenvalue weighted by molar-refractivity contribution is 5.79. The number of fused-ring (bicyclic) bond motifs is 1. The quantitative estimate of drug-likeness (QED) is 0.653. The molecule has 0 aliphatic carbocycles. The van der Waals surface area contributed by atoms with Crippen molar-refractivity contribution in [3.8, 4) is 0 Å². The average Bonchev–Trinajstić information content (AvgIpc) is 3.02. The van der Waals surface area contributed by atoms with Gasteiger partial charge in [0.1, 0.15) is 6.04 Å². The van der Waals surface area contributed by atoms with Gasteiger partial charge in [-0.1, -0.05) is 84.9 Å². The Hall–Kier alpha value is -2.91. The van der Waals surface area contributed by atoms with E-state index in [2.05, 4.69) is 35.2 Å². The molecule has 3 aromatic carbocycles. The zero-order valence-corrected chi connectivity index (χ0v) is 14.7. The van der Waals surface area contributed by atoms with E-state index in [0.29, 0.717) is 6.54 Å². The van der Waals surface area contributed by atoms with Gasteiger partial charge in [-0.05, 0) is 22.3 Å². The Balaban J connectivity index is 1.84. The SMILES string of the molecule is COC(=O)C1c2ccccc2C(c2ccccc2)N1Cc1ccccc1. The Kier molecular flexibility index (Phi) is 4.55. The van der Waals surface area contributed by atoms with Gasteiger partial charge < -0.3 is 4.74 Å². The van der Waals surface area contributed by atoms with Crippen molar-refractivity contribution in [3.63, 3.8) is 0 Å². The summed E-state index contributed by atoms with van der Waals surface area (Å²) in [5.74, 6) is -0.216. The maximum absolute atomic E-state index is 12.7. The smallest absolute Gasteiger partial charge is 0.327 e. The molecule has 2 unspecified atom stereocenters. The van der Waals surface area contributed by atoms with Gasteiger partial charge >= 0.3 is 5.97 Å². The fourth-order valence-corrected chi connectivity index (χ4v) is 3.87. The van der Waals surface area contributed by atoms with Crippen LogP contribution in [0.5, 0.6) is 0 Å². The first kappa shape index (κ1) is 16.6. The van der Waals surface area contributed by atoms with Crippen LogP contribution in [0.4, 0.5) is 0 Å². The van der Waals surface area contributed by atoms with E-state index in [4.69, 9.17) is 4.74 Å². The van der Waals surface area contributed by atoms with E-state index in [1.807, 2.05) is 54.6 Å². The predicted molar refractivity (Wildman–Crippen MR) is 101 cm³/mol. The van der Waals surface area contributed by atoms with Crippen molar-refractivity contribution in [2.75, 3.05) is 7.11 Å². The topological polar surface area (TPSA) is 29.5 Å². The summed E-state index contributed by atoms with van der Waals surface area (Å²) in [5, 5.41) is 0. The van der Waals surface area contributed by atoms with Crippen molar-refractivity contribution in [3.05, 3.63) is 107 Å². The molecule has 0 saturated carbocycles. The Labute approximate surface area is 153 Å². The van der Waals surface area contributed by atoms with Crippen LogP contribution in [0.25, 0.3) is 0 Å². The van der Waals surface area contributed by atoms with Crippen molar-refractivity contribution in [1.82, 2.24) is 4.90 Å². The van der Waals surface area contributed by atoms with Crippen LogP contribution in [0.3, 0.4) is 0 Å². The van der Waals surface area contributed by atoms with Gasteiger partial charge in [0.25, 0.3) is 0 Å². The minimum Gasteiger partial charge on any atom is -0.468 e. The number of carbonyl (C=O) groups is 1. The summed E-state index contributed by atoms with van der Waals surface area (Å²) in [6.45, 7) is 0.675. The van der Waals surface area contributed by atoms with Crippen LogP contribution in [0, 0.1) is 0 Å². The van der Waals surface area contributed by atoms with Gasteiger partial charge in [-0.15, -0.1) is 0 Å². The van der Waals surface area contributed by atoms with E-state index in [1.165, 1.54) is 23.8 Å². The summed E-state index contributed by atoms with van der Waals surface area (Å²) in [6, 6.07) is 28.4. The number of hydrogen-bond acceptors (Lipinski definition) is 3. The van der Waals surface area contributed by atoms with Crippen molar-refractivity contribution in [2.24, 2.45) is 0 Å². The lowest BCUT2D eigenvalue weighted by molar-refractivity contribution is -0.147. The molecule has 0 fully saturated rings. The van der Waals surface area contributed by atoms with Crippen LogP contribution in [-0.2, 0) is 16.1 Å². The molecule has 2 atom stereocenters. The summed E-state index contributed by atoms with van der Waals surface area (Å²) in [6.07, 6.45) is 0. The maximum atomic E-state index is 12.7. The highest BCUT2D eigenvalue weighted by Crippen LogP contribution is 2.46. The second-order valence-corrected chi connectivity index (χ2v) is 6.53. The van der Waals surface area contributed by atoms with Gasteiger partial charge in [-0.2, -0.15) is 0 Å². The molecule has 130 valence electrons. The zero-order valence-electron chi connectivity index (χ0n) is 14.7. The fourth-order valence-electron chi connectivity index (χ4n) is 3.87. The first-order valence-corrected chi connectivity index (χ1v) is 8.81. The molecular weight excluding hydrogens is 322 g/mol. The van der Waals surface area contributed by atoms with Gasteiger partial charge in [0.15, 0.2) is 0 Å². The molecular formula is C23H21NO2. The van der Waals surface area contributed by atoms with Crippen LogP contribution < -0.4 is 0 Å². The van der Waals surface area contributed by atoms with Crippen LogP contribution in [-0.4, -0.2) is 18.0 Å². The van der Waals surface area contributed by atoms with Crippen LogP contribution in [0.1, 0.15) is 34.3 Å². The summed E-state index contributed by atoms with van der Waals surface area (Å²) in [4.78, 5) is 14.9. The highest BCUT2D eigenvalue weighted by atomic mass is 16.5. The van der Waals surface area contributed by atoms with Crippen molar-refractivity contribution >= 4 is 5.97 Å². The van der Waals surface area contributed by atoms with Crippen LogP contribution in [0.2, 0.25) is 0 Å². The summed E-state index contributed by atoms with van der Waals surface area (Å²) in [5.41, 5.74) is 4.56. The fraction of sp³-hybridized carbons (Fsp3) is 0.174. The number of methoxy groups -OCH3 is 1. The Morgan fingerprint density at radius 3 is 2.08 bits per heavy atom. The predicted octanol–water partition coefficient (Wildman–Crippen LogP) is 4.51. The first-order chi connectivity index (χ1) is 12.8. The summed E-state index contributed by atoms with van der Waals surface area (Å²) < 4.78 is 5.16. The molecule has 0 radical (unpaired) electrons. The Bertz CT molecular complexity index is 892. The molecule has 3 heteroatoms. The third-order valence-corrected chi connectivity index (χ3v) is 5.00. The molecule has 0 spiro atoms. The molecule has 0 saturated heterocycles. The number of hydrogen-bond donors (Lipinski definition) is 0. The van der Waals surface area contributed by atoms with Crippen molar-refractivity contribution in [1.29, 1.82) is 0 Å². The first-order valence-electron chi connectivity index (χ1n) is 8.81. The Morgan fingerprint density at radius 2 is 1.42 bits per heavy atom. The van der Waals surface area contributed by atoms with Crippen LogP contribution >= 0.6 is 0 Å². The number of rotatable bonds is 4. The number of esters is 1. The lowest BCUT2D eigenvalue weighted by atomic mass is 9.97. The lowest BCUT2D eigenvalue weighted by Crippen LogP contribution is -2.32. The van der Waals surface area contributed by atoms with Crippen molar-refractivity contribution < 1.29 is 9.53 Å². The number of carbonyl (C=O) groups excluding carboxylic acids is 1. The summed E-state index contributed by atoms with van der Waals surface area (Å²) in [7, 11) is 1.46. The van der Waals surface area contributed by atoms with E-state index < -0.39 is 6.04 Å². The van der Waals surface area contributed by atoms with E-state index >= 15 is 0 Å². The lowest BCUT2D eigenvalue weighted by Gasteiger charge is -2.29. The number of nitrogens with zero attached hydrogens (tertiary/aromatic N) is 1.